The molecule has 0 spiro atoms. The van der Waals surface area contributed by atoms with E-state index < -0.39 is 6.04 Å². The minimum absolute atomic E-state index is 0.0432. The predicted molar refractivity (Wildman–Crippen MR) is 112 cm³/mol. The Morgan fingerprint density at radius 3 is 2.28 bits per heavy atom. The van der Waals surface area contributed by atoms with Gasteiger partial charge < -0.3 is 14.6 Å². The van der Waals surface area contributed by atoms with E-state index in [1.54, 1.807) is 17.2 Å². The number of furan rings is 1. The van der Waals surface area contributed by atoms with Crippen molar-refractivity contribution in [3.63, 3.8) is 0 Å². The normalized spacial score (nSPS) is 11.6. The van der Waals surface area contributed by atoms with Crippen LogP contribution in [0.4, 0.5) is 0 Å². The van der Waals surface area contributed by atoms with Crippen LogP contribution in [0, 0.1) is 0 Å². The van der Waals surface area contributed by atoms with E-state index in [1.165, 1.54) is 0 Å². The molecule has 0 fully saturated rings. The van der Waals surface area contributed by atoms with Gasteiger partial charge in [0.05, 0.1) is 12.8 Å². The zero-order valence-corrected chi connectivity index (χ0v) is 16.6. The van der Waals surface area contributed by atoms with E-state index in [0.29, 0.717) is 18.7 Å². The Hall–Kier alpha value is -3.34. The molecule has 1 heterocycles. The Balaban J connectivity index is 1.90. The van der Waals surface area contributed by atoms with Crippen LogP contribution in [0.3, 0.4) is 0 Å². The number of carbonyl (C=O) groups excluding carboxylic acids is 2. The summed E-state index contributed by atoms with van der Waals surface area (Å²) in [7, 11) is 0. The van der Waals surface area contributed by atoms with Gasteiger partial charge in [0.25, 0.3) is 0 Å². The van der Waals surface area contributed by atoms with Crippen molar-refractivity contribution in [3.05, 3.63) is 95.9 Å². The van der Waals surface area contributed by atoms with Crippen LogP contribution in [0.15, 0.2) is 83.5 Å². The van der Waals surface area contributed by atoms with Crippen molar-refractivity contribution in [1.82, 2.24) is 10.2 Å². The first-order valence-corrected chi connectivity index (χ1v) is 9.87. The maximum atomic E-state index is 13.2. The maximum Gasteiger partial charge on any atom is 0.247 e. The van der Waals surface area contributed by atoms with Crippen molar-refractivity contribution in [1.29, 1.82) is 0 Å². The lowest BCUT2D eigenvalue weighted by Gasteiger charge is -2.31. The molecular formula is C24H26N2O3. The van der Waals surface area contributed by atoms with E-state index in [1.807, 2.05) is 73.7 Å². The van der Waals surface area contributed by atoms with Crippen molar-refractivity contribution in [2.75, 3.05) is 0 Å². The highest BCUT2D eigenvalue weighted by Crippen LogP contribution is 2.25. The number of nitrogens with zero attached hydrogens (tertiary/aromatic N) is 1. The quantitative estimate of drug-likeness (QED) is 0.586. The molecule has 0 aliphatic heterocycles. The largest absolute Gasteiger partial charge is 0.467 e. The summed E-state index contributed by atoms with van der Waals surface area (Å²) in [5, 5.41) is 2.92. The van der Waals surface area contributed by atoms with Gasteiger partial charge in [-0.05, 0) is 29.7 Å². The summed E-state index contributed by atoms with van der Waals surface area (Å²) < 4.78 is 5.32. The third-order valence-electron chi connectivity index (χ3n) is 4.67. The molecule has 5 heteroatoms. The predicted octanol–water partition coefficient (Wildman–Crippen LogP) is 4.47. The molecule has 0 bridgehead atoms. The third-order valence-corrected chi connectivity index (χ3v) is 4.67. The molecule has 5 nitrogen and oxygen atoms in total. The third kappa shape index (κ3) is 5.57. The lowest BCUT2D eigenvalue weighted by molar-refractivity contribution is -0.141. The molecule has 29 heavy (non-hydrogen) atoms. The van der Waals surface area contributed by atoms with Crippen LogP contribution < -0.4 is 5.32 Å². The first-order valence-electron chi connectivity index (χ1n) is 9.87. The lowest BCUT2D eigenvalue weighted by atomic mass is 10.0. The van der Waals surface area contributed by atoms with Gasteiger partial charge in [-0.25, -0.2) is 0 Å². The molecule has 0 saturated carbocycles. The zero-order chi connectivity index (χ0) is 20.5. The maximum absolute atomic E-state index is 13.2. The molecule has 0 aliphatic carbocycles. The van der Waals surface area contributed by atoms with Crippen molar-refractivity contribution in [3.8, 4) is 0 Å². The molecular weight excluding hydrogens is 364 g/mol. The van der Waals surface area contributed by atoms with E-state index in [9.17, 15) is 9.59 Å². The van der Waals surface area contributed by atoms with Crippen molar-refractivity contribution >= 4 is 11.8 Å². The Kier molecular flexibility index (Phi) is 7.22. The van der Waals surface area contributed by atoms with Crippen molar-refractivity contribution < 1.29 is 14.0 Å². The van der Waals surface area contributed by atoms with Crippen LogP contribution in [0.25, 0.3) is 0 Å². The van der Waals surface area contributed by atoms with Gasteiger partial charge in [-0.2, -0.15) is 0 Å². The van der Waals surface area contributed by atoms with Gasteiger partial charge >= 0.3 is 0 Å². The van der Waals surface area contributed by atoms with E-state index in [0.717, 1.165) is 17.5 Å². The fourth-order valence-corrected chi connectivity index (χ4v) is 3.25. The molecule has 1 N–H and O–H groups in total. The van der Waals surface area contributed by atoms with Crippen LogP contribution in [-0.2, 0) is 22.7 Å². The molecule has 3 rings (SSSR count). The molecule has 0 aliphatic rings. The summed E-state index contributed by atoms with van der Waals surface area (Å²) in [5.41, 5.74) is 1.77. The number of nitrogens with one attached hydrogen (secondary N) is 1. The average molecular weight is 390 g/mol. The molecule has 2 aromatic carbocycles. The van der Waals surface area contributed by atoms with Gasteiger partial charge in [0, 0.05) is 13.0 Å². The molecule has 0 radical (unpaired) electrons. The van der Waals surface area contributed by atoms with Crippen LogP contribution in [0.1, 0.15) is 42.7 Å². The van der Waals surface area contributed by atoms with Crippen LogP contribution in [-0.4, -0.2) is 16.7 Å². The van der Waals surface area contributed by atoms with Crippen molar-refractivity contribution in [2.45, 2.75) is 38.9 Å². The highest BCUT2D eigenvalue weighted by Gasteiger charge is 2.31. The highest BCUT2D eigenvalue weighted by atomic mass is 16.3. The van der Waals surface area contributed by atoms with Gasteiger partial charge in [-0.15, -0.1) is 0 Å². The second-order valence-corrected chi connectivity index (χ2v) is 6.87. The topological polar surface area (TPSA) is 62.6 Å². The van der Waals surface area contributed by atoms with E-state index in [-0.39, 0.29) is 18.4 Å². The first kappa shape index (κ1) is 20.4. The molecule has 2 amide bonds. The minimum atomic E-state index is -0.717. The summed E-state index contributed by atoms with van der Waals surface area (Å²) in [4.78, 5) is 27.9. The van der Waals surface area contributed by atoms with Crippen LogP contribution in [0.5, 0.6) is 0 Å². The van der Waals surface area contributed by atoms with E-state index in [4.69, 9.17) is 4.42 Å². The zero-order valence-electron chi connectivity index (χ0n) is 16.6. The molecule has 1 atom stereocenters. The first-order chi connectivity index (χ1) is 14.2. The standard InChI is InChI=1S/C24H26N2O3/c1-2-10-22(27)26(18-19-11-5-3-6-12-19)23(20-13-7-4-8-14-20)24(28)25-17-21-15-9-16-29-21/h3-9,11-16,23H,2,10,17-18H2,1H3,(H,25,28). The Morgan fingerprint density at radius 1 is 0.966 bits per heavy atom. The Labute approximate surface area is 171 Å². The van der Waals surface area contributed by atoms with Gasteiger partial charge in [0.15, 0.2) is 0 Å². The smallest absolute Gasteiger partial charge is 0.247 e. The SMILES string of the molecule is CCCC(=O)N(Cc1ccccc1)C(C(=O)NCc1ccco1)c1ccccc1. The number of hydrogen-bond donors (Lipinski definition) is 1. The summed E-state index contributed by atoms with van der Waals surface area (Å²) in [6, 6.07) is 22.0. The van der Waals surface area contributed by atoms with Gasteiger partial charge in [0.2, 0.25) is 11.8 Å². The monoisotopic (exact) mass is 390 g/mol. The average Bonchev–Trinajstić information content (AvgIpc) is 3.27. The van der Waals surface area contributed by atoms with Crippen LogP contribution in [0.2, 0.25) is 0 Å². The summed E-state index contributed by atoms with van der Waals surface area (Å²) in [6.45, 7) is 2.61. The number of benzene rings is 2. The molecule has 1 aromatic heterocycles. The van der Waals surface area contributed by atoms with E-state index >= 15 is 0 Å². The van der Waals surface area contributed by atoms with Gasteiger partial charge in [-0.1, -0.05) is 67.6 Å². The van der Waals surface area contributed by atoms with E-state index in [2.05, 4.69) is 5.32 Å². The number of hydrogen-bond acceptors (Lipinski definition) is 3. The molecule has 150 valence electrons. The number of rotatable bonds is 9. The Bertz CT molecular complexity index is 892. The molecule has 0 saturated heterocycles. The molecule has 1 unspecified atom stereocenters. The summed E-state index contributed by atoms with van der Waals surface area (Å²) in [5.74, 6) is 0.394. The fourth-order valence-electron chi connectivity index (χ4n) is 3.25. The summed E-state index contributed by atoms with van der Waals surface area (Å²) in [6.07, 6.45) is 2.68. The summed E-state index contributed by atoms with van der Waals surface area (Å²) >= 11 is 0. The molecule has 3 aromatic rings. The van der Waals surface area contributed by atoms with Crippen LogP contribution >= 0.6 is 0 Å². The van der Waals surface area contributed by atoms with Gasteiger partial charge in [0.1, 0.15) is 11.8 Å². The number of carbonyl (C=O) groups is 2. The van der Waals surface area contributed by atoms with Crippen molar-refractivity contribution in [2.24, 2.45) is 0 Å². The Morgan fingerprint density at radius 2 is 1.66 bits per heavy atom. The number of amides is 2. The second kappa shape index (κ2) is 10.3. The lowest BCUT2D eigenvalue weighted by Crippen LogP contribution is -2.43. The van der Waals surface area contributed by atoms with Gasteiger partial charge in [-0.3, -0.25) is 9.59 Å². The minimum Gasteiger partial charge on any atom is -0.467 e. The second-order valence-electron chi connectivity index (χ2n) is 6.87. The fraction of sp³-hybridized carbons (Fsp3) is 0.250. The highest BCUT2D eigenvalue weighted by molar-refractivity contribution is 5.88.